The molecule has 4 aromatic rings. The lowest BCUT2D eigenvalue weighted by atomic mass is 10.2. The molecule has 0 aliphatic heterocycles. The lowest BCUT2D eigenvalue weighted by Gasteiger charge is -2.06. The van der Waals surface area contributed by atoms with Gasteiger partial charge in [0.1, 0.15) is 18.2 Å². The Labute approximate surface area is 186 Å². The smallest absolute Gasteiger partial charge is 0.236 e. The standard InChI is InChI=1S/C21H18FN5O2S2/c1-27-18(11-29-16-5-3-2-4-6-16)25-26-21(27)31-13-19(28)24-20-23-17(12-30-20)14-7-9-15(22)10-8-14/h2-10,12H,11,13H2,1H3,(H,23,24,28). The summed E-state index contributed by atoms with van der Waals surface area (Å²) < 4.78 is 20.6. The molecule has 0 saturated heterocycles. The van der Waals surface area contributed by atoms with Crippen LogP contribution in [0.25, 0.3) is 11.3 Å². The Hall–Kier alpha value is -3.24. The van der Waals surface area contributed by atoms with E-state index < -0.39 is 0 Å². The zero-order valence-corrected chi connectivity index (χ0v) is 18.1. The number of ether oxygens (including phenoxy) is 1. The molecule has 158 valence electrons. The summed E-state index contributed by atoms with van der Waals surface area (Å²) in [5, 5.41) is 14.0. The van der Waals surface area contributed by atoms with Gasteiger partial charge in [-0.3, -0.25) is 4.79 Å². The number of anilines is 1. The Bertz CT molecular complexity index is 1160. The first-order valence-electron chi connectivity index (χ1n) is 9.29. The minimum Gasteiger partial charge on any atom is -0.486 e. The maximum Gasteiger partial charge on any atom is 0.236 e. The van der Waals surface area contributed by atoms with Crippen LogP contribution in [0.5, 0.6) is 5.75 Å². The van der Waals surface area contributed by atoms with Crippen LogP contribution < -0.4 is 10.1 Å². The number of amides is 1. The number of hydrogen-bond donors (Lipinski definition) is 1. The number of thioether (sulfide) groups is 1. The van der Waals surface area contributed by atoms with E-state index in [2.05, 4.69) is 20.5 Å². The zero-order chi connectivity index (χ0) is 21.6. The monoisotopic (exact) mass is 455 g/mol. The summed E-state index contributed by atoms with van der Waals surface area (Å²) in [5.41, 5.74) is 1.47. The molecule has 0 spiro atoms. The third kappa shape index (κ3) is 5.47. The maximum atomic E-state index is 13.1. The van der Waals surface area contributed by atoms with Crippen molar-refractivity contribution in [2.75, 3.05) is 11.1 Å². The van der Waals surface area contributed by atoms with Crippen LogP contribution in [-0.2, 0) is 18.4 Å². The van der Waals surface area contributed by atoms with Crippen LogP contribution in [0.2, 0.25) is 0 Å². The number of carbonyl (C=O) groups excluding carboxylic acids is 1. The molecule has 0 aliphatic carbocycles. The molecule has 0 unspecified atom stereocenters. The minimum absolute atomic E-state index is 0.164. The number of para-hydroxylation sites is 1. The molecule has 0 fully saturated rings. The Morgan fingerprint density at radius 3 is 2.71 bits per heavy atom. The molecule has 1 amide bonds. The van der Waals surface area contributed by atoms with Crippen LogP contribution in [0.3, 0.4) is 0 Å². The van der Waals surface area contributed by atoms with E-state index in [-0.39, 0.29) is 24.1 Å². The number of hydrogen-bond acceptors (Lipinski definition) is 7. The lowest BCUT2D eigenvalue weighted by Crippen LogP contribution is -2.14. The predicted octanol–water partition coefficient (Wildman–Crippen LogP) is 4.39. The Kier molecular flexibility index (Phi) is 6.58. The molecule has 0 saturated carbocycles. The first kappa shape index (κ1) is 21.0. The number of thiazole rings is 1. The lowest BCUT2D eigenvalue weighted by molar-refractivity contribution is -0.113. The average molecular weight is 456 g/mol. The number of aromatic nitrogens is 4. The second-order valence-electron chi connectivity index (χ2n) is 6.44. The van der Waals surface area contributed by atoms with Gasteiger partial charge in [0.05, 0.1) is 11.4 Å². The Morgan fingerprint density at radius 1 is 1.16 bits per heavy atom. The molecule has 2 heterocycles. The van der Waals surface area contributed by atoms with Crippen molar-refractivity contribution in [1.82, 2.24) is 19.7 Å². The second-order valence-corrected chi connectivity index (χ2v) is 8.24. The molecule has 10 heteroatoms. The van der Waals surface area contributed by atoms with E-state index in [9.17, 15) is 9.18 Å². The molecule has 2 aromatic carbocycles. The highest BCUT2D eigenvalue weighted by Crippen LogP contribution is 2.25. The van der Waals surface area contributed by atoms with Crippen molar-refractivity contribution in [2.24, 2.45) is 7.05 Å². The molecular formula is C21H18FN5O2S2. The van der Waals surface area contributed by atoms with Gasteiger partial charge in [0.2, 0.25) is 5.91 Å². The van der Waals surface area contributed by atoms with Crippen molar-refractivity contribution in [3.63, 3.8) is 0 Å². The second kappa shape index (κ2) is 9.71. The van der Waals surface area contributed by atoms with Crippen molar-refractivity contribution >= 4 is 34.1 Å². The van der Waals surface area contributed by atoms with Crippen molar-refractivity contribution in [3.05, 3.63) is 71.6 Å². The summed E-state index contributed by atoms with van der Waals surface area (Å²) in [4.78, 5) is 16.7. The molecule has 0 bridgehead atoms. The number of halogens is 1. The third-order valence-electron chi connectivity index (χ3n) is 4.26. The largest absolute Gasteiger partial charge is 0.486 e. The molecule has 1 N–H and O–H groups in total. The van der Waals surface area contributed by atoms with Gasteiger partial charge in [-0.1, -0.05) is 30.0 Å². The summed E-state index contributed by atoms with van der Waals surface area (Å²) >= 11 is 2.59. The van der Waals surface area contributed by atoms with Crippen LogP contribution in [0.4, 0.5) is 9.52 Å². The summed E-state index contributed by atoms with van der Waals surface area (Å²) in [6.45, 7) is 0.283. The number of rotatable bonds is 8. The van der Waals surface area contributed by atoms with Gasteiger partial charge >= 0.3 is 0 Å². The fraction of sp³-hybridized carbons (Fsp3) is 0.143. The van der Waals surface area contributed by atoms with Gasteiger partial charge in [0.25, 0.3) is 0 Å². The minimum atomic E-state index is -0.303. The number of carbonyl (C=O) groups is 1. The molecular weight excluding hydrogens is 437 g/mol. The number of benzene rings is 2. The summed E-state index contributed by atoms with van der Waals surface area (Å²) in [5.74, 6) is 1.08. The fourth-order valence-corrected chi connectivity index (χ4v) is 4.10. The predicted molar refractivity (Wildman–Crippen MR) is 119 cm³/mol. The van der Waals surface area contributed by atoms with Gasteiger partial charge in [-0.2, -0.15) is 0 Å². The molecule has 0 aliphatic rings. The van der Waals surface area contributed by atoms with E-state index in [1.54, 1.807) is 16.7 Å². The SMILES string of the molecule is Cn1c(COc2ccccc2)nnc1SCC(=O)Nc1nc(-c2ccc(F)cc2)cs1. The quantitative estimate of drug-likeness (QED) is 0.397. The van der Waals surface area contributed by atoms with Crippen LogP contribution in [0, 0.1) is 5.82 Å². The van der Waals surface area contributed by atoms with Crippen molar-refractivity contribution in [1.29, 1.82) is 0 Å². The fourth-order valence-electron chi connectivity index (χ4n) is 2.63. The first-order valence-corrected chi connectivity index (χ1v) is 11.2. The van der Waals surface area contributed by atoms with E-state index in [4.69, 9.17) is 4.74 Å². The molecule has 0 atom stereocenters. The molecule has 4 rings (SSSR count). The van der Waals surface area contributed by atoms with Crippen LogP contribution >= 0.6 is 23.1 Å². The third-order valence-corrected chi connectivity index (χ3v) is 6.04. The normalized spacial score (nSPS) is 10.8. The van der Waals surface area contributed by atoms with E-state index in [1.165, 1.54) is 35.2 Å². The first-order chi connectivity index (χ1) is 15.1. The summed E-state index contributed by atoms with van der Waals surface area (Å²) in [7, 11) is 1.83. The molecule has 31 heavy (non-hydrogen) atoms. The van der Waals surface area contributed by atoms with Gasteiger partial charge in [-0.25, -0.2) is 9.37 Å². The van der Waals surface area contributed by atoms with Crippen molar-refractivity contribution in [2.45, 2.75) is 11.8 Å². The highest BCUT2D eigenvalue weighted by molar-refractivity contribution is 7.99. The van der Waals surface area contributed by atoms with Gasteiger partial charge in [-0.05, 0) is 36.4 Å². The van der Waals surface area contributed by atoms with E-state index >= 15 is 0 Å². The summed E-state index contributed by atoms with van der Waals surface area (Å²) in [6, 6.07) is 15.5. The van der Waals surface area contributed by atoms with Gasteiger partial charge in [-0.15, -0.1) is 21.5 Å². The van der Waals surface area contributed by atoms with Gasteiger partial charge < -0.3 is 14.6 Å². The molecule has 7 nitrogen and oxygen atoms in total. The number of nitrogens with one attached hydrogen (secondary N) is 1. The highest BCUT2D eigenvalue weighted by Gasteiger charge is 2.13. The average Bonchev–Trinajstić information content (AvgIpc) is 3.38. The van der Waals surface area contributed by atoms with Crippen LogP contribution in [-0.4, -0.2) is 31.4 Å². The Balaban J connectivity index is 1.29. The van der Waals surface area contributed by atoms with Gasteiger partial charge in [0.15, 0.2) is 16.1 Å². The zero-order valence-electron chi connectivity index (χ0n) is 16.5. The number of nitrogens with zero attached hydrogens (tertiary/aromatic N) is 4. The highest BCUT2D eigenvalue weighted by atomic mass is 32.2. The topological polar surface area (TPSA) is 81.9 Å². The molecule has 0 radical (unpaired) electrons. The Morgan fingerprint density at radius 2 is 1.94 bits per heavy atom. The summed E-state index contributed by atoms with van der Waals surface area (Å²) in [6.07, 6.45) is 0. The van der Waals surface area contributed by atoms with Crippen LogP contribution in [0.15, 0.2) is 65.1 Å². The van der Waals surface area contributed by atoms with E-state index in [0.29, 0.717) is 21.8 Å². The van der Waals surface area contributed by atoms with E-state index in [1.807, 2.05) is 42.8 Å². The van der Waals surface area contributed by atoms with Gasteiger partial charge in [0, 0.05) is 18.0 Å². The maximum absolute atomic E-state index is 13.1. The van der Waals surface area contributed by atoms with E-state index in [0.717, 1.165) is 11.3 Å². The van der Waals surface area contributed by atoms with Crippen LogP contribution in [0.1, 0.15) is 5.82 Å². The van der Waals surface area contributed by atoms with Crippen molar-refractivity contribution < 1.29 is 13.9 Å². The molecule has 2 aromatic heterocycles. The van der Waals surface area contributed by atoms with Crippen molar-refractivity contribution in [3.8, 4) is 17.0 Å².